The largest absolute Gasteiger partial charge is 0.269 e. The van der Waals surface area contributed by atoms with Crippen molar-refractivity contribution >= 4 is 28.9 Å². The van der Waals surface area contributed by atoms with Crippen LogP contribution in [0.25, 0.3) is 0 Å². The van der Waals surface area contributed by atoms with Gasteiger partial charge in [-0.1, -0.05) is 29.8 Å². The highest BCUT2D eigenvalue weighted by molar-refractivity contribution is 6.30. The molecule has 0 saturated heterocycles. The third-order valence-corrected chi connectivity index (χ3v) is 3.77. The molecule has 2 aromatic rings. The van der Waals surface area contributed by atoms with E-state index in [0.717, 1.165) is 16.7 Å². The molecule has 0 aliphatic carbocycles. The summed E-state index contributed by atoms with van der Waals surface area (Å²) in [5, 5.41) is 11.0. The number of non-ortho nitro benzene ring substituents is 1. The minimum Gasteiger partial charge on any atom is -0.258 e. The molecule has 0 bridgehead atoms. The lowest BCUT2D eigenvalue weighted by Gasteiger charge is -2.13. The summed E-state index contributed by atoms with van der Waals surface area (Å²) in [6, 6.07) is 12.1. The van der Waals surface area contributed by atoms with Gasteiger partial charge in [0.1, 0.15) is 0 Å². The summed E-state index contributed by atoms with van der Waals surface area (Å²) in [6.07, 6.45) is 0.598. The summed E-state index contributed by atoms with van der Waals surface area (Å²) in [5.41, 5.74) is 3.10. The molecule has 0 aliphatic rings. The molecule has 1 atom stereocenters. The zero-order valence-electron chi connectivity index (χ0n) is 10.8. The van der Waals surface area contributed by atoms with Gasteiger partial charge in [0.15, 0.2) is 0 Å². The molecule has 5 heteroatoms. The highest BCUT2D eigenvalue weighted by atomic mass is 35.5. The zero-order chi connectivity index (χ0) is 14.7. The van der Waals surface area contributed by atoms with Crippen LogP contribution < -0.4 is 0 Å². The molecule has 0 aliphatic heterocycles. The SMILES string of the molecule is Cc1ccc(Cl)cc1C(Cl)Cc1ccc([N+](=O)[O-])cc1. The molecular formula is C15H13Cl2NO2. The van der Waals surface area contributed by atoms with E-state index in [1.807, 2.05) is 25.1 Å². The molecule has 2 aromatic carbocycles. The van der Waals surface area contributed by atoms with E-state index in [1.54, 1.807) is 12.1 Å². The third kappa shape index (κ3) is 3.50. The molecule has 0 heterocycles. The van der Waals surface area contributed by atoms with Crippen molar-refractivity contribution in [1.82, 2.24) is 0 Å². The van der Waals surface area contributed by atoms with Gasteiger partial charge >= 0.3 is 0 Å². The Morgan fingerprint density at radius 3 is 2.45 bits per heavy atom. The van der Waals surface area contributed by atoms with E-state index >= 15 is 0 Å². The van der Waals surface area contributed by atoms with Crippen LogP contribution in [-0.4, -0.2) is 4.92 Å². The fourth-order valence-corrected chi connectivity index (χ4v) is 2.61. The van der Waals surface area contributed by atoms with Gasteiger partial charge in [0.25, 0.3) is 5.69 Å². The number of nitro benzene ring substituents is 1. The molecular weight excluding hydrogens is 297 g/mol. The lowest BCUT2D eigenvalue weighted by molar-refractivity contribution is -0.384. The van der Waals surface area contributed by atoms with Gasteiger partial charge in [-0.15, -0.1) is 11.6 Å². The molecule has 2 rings (SSSR count). The summed E-state index contributed by atoms with van der Waals surface area (Å²) in [4.78, 5) is 10.2. The minimum absolute atomic E-state index is 0.0822. The number of alkyl halides is 1. The summed E-state index contributed by atoms with van der Waals surface area (Å²) < 4.78 is 0. The number of nitrogens with zero attached hydrogens (tertiary/aromatic N) is 1. The van der Waals surface area contributed by atoms with Crippen LogP contribution in [0.1, 0.15) is 22.1 Å². The number of rotatable bonds is 4. The Balaban J connectivity index is 2.16. The van der Waals surface area contributed by atoms with Gasteiger partial charge in [0.2, 0.25) is 0 Å². The number of hydrogen-bond acceptors (Lipinski definition) is 2. The number of halogens is 2. The van der Waals surface area contributed by atoms with Gasteiger partial charge < -0.3 is 0 Å². The molecule has 1 unspecified atom stereocenters. The number of benzene rings is 2. The maximum atomic E-state index is 10.6. The smallest absolute Gasteiger partial charge is 0.258 e. The van der Waals surface area contributed by atoms with Crippen LogP contribution in [0.3, 0.4) is 0 Å². The van der Waals surface area contributed by atoms with Crippen molar-refractivity contribution in [3.8, 4) is 0 Å². The molecule has 0 spiro atoms. The Bertz CT molecular complexity index is 626. The van der Waals surface area contributed by atoms with Crippen molar-refractivity contribution in [3.05, 3.63) is 74.3 Å². The number of hydrogen-bond donors (Lipinski definition) is 0. The van der Waals surface area contributed by atoms with Gasteiger partial charge in [0.05, 0.1) is 10.3 Å². The summed E-state index contributed by atoms with van der Waals surface area (Å²) in [5.74, 6) is 0. The van der Waals surface area contributed by atoms with E-state index in [2.05, 4.69) is 0 Å². The van der Waals surface area contributed by atoms with Gasteiger partial charge in [0, 0.05) is 17.2 Å². The maximum Gasteiger partial charge on any atom is 0.269 e. The van der Waals surface area contributed by atoms with Crippen molar-refractivity contribution in [1.29, 1.82) is 0 Å². The Morgan fingerprint density at radius 2 is 1.85 bits per heavy atom. The van der Waals surface area contributed by atoms with Crippen LogP contribution in [0.15, 0.2) is 42.5 Å². The highest BCUT2D eigenvalue weighted by Gasteiger charge is 2.13. The molecule has 0 N–H and O–H groups in total. The highest BCUT2D eigenvalue weighted by Crippen LogP contribution is 2.30. The quantitative estimate of drug-likeness (QED) is 0.449. The predicted octanol–water partition coefficient (Wildman–Crippen LogP) is 5.08. The average Bonchev–Trinajstić information content (AvgIpc) is 2.42. The molecule has 3 nitrogen and oxygen atoms in total. The maximum absolute atomic E-state index is 10.6. The van der Waals surface area contributed by atoms with Crippen molar-refractivity contribution in [2.24, 2.45) is 0 Å². The molecule has 0 amide bonds. The van der Waals surface area contributed by atoms with E-state index in [-0.39, 0.29) is 11.1 Å². The van der Waals surface area contributed by atoms with Gasteiger partial charge in [-0.3, -0.25) is 10.1 Å². The van der Waals surface area contributed by atoms with Crippen molar-refractivity contribution in [2.45, 2.75) is 18.7 Å². The first kappa shape index (κ1) is 14.8. The Hall–Kier alpha value is -1.58. The average molecular weight is 310 g/mol. The van der Waals surface area contributed by atoms with Crippen LogP contribution in [0.4, 0.5) is 5.69 Å². The second kappa shape index (κ2) is 6.25. The molecule has 0 saturated carbocycles. The van der Waals surface area contributed by atoms with Gasteiger partial charge in [-0.2, -0.15) is 0 Å². The first-order valence-electron chi connectivity index (χ1n) is 6.11. The van der Waals surface area contributed by atoms with E-state index in [9.17, 15) is 10.1 Å². The Morgan fingerprint density at radius 1 is 1.20 bits per heavy atom. The van der Waals surface area contributed by atoms with Crippen molar-refractivity contribution in [2.75, 3.05) is 0 Å². The van der Waals surface area contributed by atoms with E-state index in [4.69, 9.17) is 23.2 Å². The summed E-state index contributed by atoms with van der Waals surface area (Å²) in [7, 11) is 0. The van der Waals surface area contributed by atoms with E-state index < -0.39 is 4.92 Å². The topological polar surface area (TPSA) is 43.1 Å². The summed E-state index contributed by atoms with van der Waals surface area (Å²) >= 11 is 12.4. The monoisotopic (exact) mass is 309 g/mol. The number of nitro groups is 1. The normalized spacial score (nSPS) is 12.2. The minimum atomic E-state index is -0.414. The lowest BCUT2D eigenvalue weighted by Crippen LogP contribution is -1.99. The van der Waals surface area contributed by atoms with Gasteiger partial charge in [-0.05, 0) is 42.2 Å². The Labute approximate surface area is 127 Å². The van der Waals surface area contributed by atoms with Crippen LogP contribution in [0.5, 0.6) is 0 Å². The van der Waals surface area contributed by atoms with E-state index in [1.165, 1.54) is 12.1 Å². The third-order valence-electron chi connectivity index (χ3n) is 3.14. The number of aryl methyl sites for hydroxylation is 1. The zero-order valence-corrected chi connectivity index (χ0v) is 12.4. The lowest BCUT2D eigenvalue weighted by atomic mass is 10.00. The molecule has 0 aromatic heterocycles. The summed E-state index contributed by atoms with van der Waals surface area (Å²) in [6.45, 7) is 1.98. The van der Waals surface area contributed by atoms with Crippen LogP contribution in [-0.2, 0) is 6.42 Å². The molecule has 0 radical (unpaired) electrons. The molecule has 0 fully saturated rings. The Kier molecular flexibility index (Phi) is 4.63. The van der Waals surface area contributed by atoms with Crippen molar-refractivity contribution < 1.29 is 4.92 Å². The van der Waals surface area contributed by atoms with Crippen LogP contribution >= 0.6 is 23.2 Å². The van der Waals surface area contributed by atoms with Gasteiger partial charge in [-0.25, -0.2) is 0 Å². The fraction of sp³-hybridized carbons (Fsp3) is 0.200. The first-order valence-corrected chi connectivity index (χ1v) is 6.92. The molecule has 104 valence electrons. The second-order valence-electron chi connectivity index (χ2n) is 4.60. The van der Waals surface area contributed by atoms with Crippen LogP contribution in [0.2, 0.25) is 5.02 Å². The predicted molar refractivity (Wildman–Crippen MR) is 81.6 cm³/mol. The van der Waals surface area contributed by atoms with Crippen LogP contribution in [0, 0.1) is 17.0 Å². The fourth-order valence-electron chi connectivity index (χ4n) is 2.02. The second-order valence-corrected chi connectivity index (χ2v) is 5.56. The molecule has 20 heavy (non-hydrogen) atoms. The first-order chi connectivity index (χ1) is 9.47. The standard InChI is InChI=1S/C15H13Cl2NO2/c1-10-2-5-12(16)9-14(10)15(17)8-11-3-6-13(7-4-11)18(19)20/h2-7,9,15H,8H2,1H3. The van der Waals surface area contributed by atoms with E-state index in [0.29, 0.717) is 11.4 Å². The van der Waals surface area contributed by atoms with Crippen molar-refractivity contribution in [3.63, 3.8) is 0 Å².